The van der Waals surface area contributed by atoms with Crippen LogP contribution in [0.25, 0.3) is 0 Å². The van der Waals surface area contributed by atoms with Gasteiger partial charge in [-0.3, -0.25) is 4.79 Å². The van der Waals surface area contributed by atoms with Crippen molar-refractivity contribution in [2.24, 2.45) is 0 Å². The maximum absolute atomic E-state index is 11.5. The van der Waals surface area contributed by atoms with Gasteiger partial charge in [0, 0.05) is 14.2 Å². The predicted molar refractivity (Wildman–Crippen MR) is 55.1 cm³/mol. The Morgan fingerprint density at radius 2 is 2.07 bits per heavy atom. The molecule has 0 fully saturated rings. The van der Waals surface area contributed by atoms with Gasteiger partial charge in [0.25, 0.3) is 0 Å². The first-order valence-corrected chi connectivity index (χ1v) is 4.55. The number of hydrogen-bond donors (Lipinski definition) is 1. The van der Waals surface area contributed by atoms with Crippen molar-refractivity contribution < 1.29 is 9.53 Å². The quantitative estimate of drug-likeness (QED) is 0.779. The van der Waals surface area contributed by atoms with Crippen LogP contribution >= 0.6 is 0 Å². The number of methoxy groups -OCH3 is 1. The van der Waals surface area contributed by atoms with Gasteiger partial charge in [-0.15, -0.1) is 0 Å². The van der Waals surface area contributed by atoms with E-state index in [4.69, 9.17) is 4.74 Å². The average Bonchev–Trinajstić information content (AvgIpc) is 2.26. The molecule has 0 aliphatic carbocycles. The minimum Gasteiger partial charge on any atom is -0.384 e. The van der Waals surface area contributed by atoms with Crippen molar-refractivity contribution in [2.75, 3.05) is 20.8 Å². The van der Waals surface area contributed by atoms with Crippen LogP contribution in [0.5, 0.6) is 0 Å². The summed E-state index contributed by atoms with van der Waals surface area (Å²) in [6.45, 7) is 0.406. The molecule has 0 saturated heterocycles. The first kappa shape index (κ1) is 10.7. The van der Waals surface area contributed by atoms with Gasteiger partial charge in [-0.1, -0.05) is 30.3 Å². The Balaban J connectivity index is 2.83. The highest BCUT2D eigenvalue weighted by Gasteiger charge is 2.18. The maximum Gasteiger partial charge on any atom is 0.229 e. The van der Waals surface area contributed by atoms with Gasteiger partial charge in [0.15, 0.2) is 0 Å². The van der Waals surface area contributed by atoms with E-state index in [0.717, 1.165) is 5.56 Å². The number of benzene rings is 1. The Morgan fingerprint density at radius 3 is 2.57 bits per heavy atom. The fourth-order valence-electron chi connectivity index (χ4n) is 1.35. The molecular formula is C11H15NO2. The molecule has 1 aromatic carbocycles. The first-order valence-electron chi connectivity index (χ1n) is 4.55. The van der Waals surface area contributed by atoms with E-state index >= 15 is 0 Å². The Kier molecular flexibility index (Phi) is 4.13. The highest BCUT2D eigenvalue weighted by molar-refractivity contribution is 5.83. The van der Waals surface area contributed by atoms with E-state index in [-0.39, 0.29) is 11.8 Å². The summed E-state index contributed by atoms with van der Waals surface area (Å²) in [5, 5.41) is 2.63. The summed E-state index contributed by atoms with van der Waals surface area (Å²) in [7, 11) is 3.23. The fraction of sp³-hybridized carbons (Fsp3) is 0.364. The summed E-state index contributed by atoms with van der Waals surface area (Å²) in [6, 6.07) is 9.62. The van der Waals surface area contributed by atoms with Gasteiger partial charge in [0.1, 0.15) is 0 Å². The van der Waals surface area contributed by atoms with Gasteiger partial charge >= 0.3 is 0 Å². The molecule has 0 bridgehead atoms. The molecule has 0 spiro atoms. The molecule has 3 nitrogen and oxygen atoms in total. The summed E-state index contributed by atoms with van der Waals surface area (Å²) in [5.74, 6) is -0.232. The van der Waals surface area contributed by atoms with Crippen molar-refractivity contribution in [3.8, 4) is 0 Å². The Hall–Kier alpha value is -1.35. The minimum absolute atomic E-state index is 0.0157. The molecule has 3 heteroatoms. The molecule has 1 atom stereocenters. The summed E-state index contributed by atoms with van der Waals surface area (Å²) in [6.07, 6.45) is 0. The molecule has 0 saturated carbocycles. The van der Waals surface area contributed by atoms with Crippen LogP contribution in [0.2, 0.25) is 0 Å². The monoisotopic (exact) mass is 193 g/mol. The Labute approximate surface area is 84.1 Å². The van der Waals surface area contributed by atoms with Crippen molar-refractivity contribution in [1.29, 1.82) is 0 Å². The molecule has 76 valence electrons. The van der Waals surface area contributed by atoms with Gasteiger partial charge in [-0.05, 0) is 5.56 Å². The lowest BCUT2D eigenvalue weighted by Gasteiger charge is -2.14. The molecule has 1 amide bonds. The van der Waals surface area contributed by atoms with E-state index in [1.54, 1.807) is 14.2 Å². The number of carbonyl (C=O) groups is 1. The van der Waals surface area contributed by atoms with Crippen molar-refractivity contribution in [1.82, 2.24) is 5.32 Å². The van der Waals surface area contributed by atoms with Crippen LogP contribution in [0, 0.1) is 0 Å². The lowest BCUT2D eigenvalue weighted by molar-refractivity contribution is -0.123. The van der Waals surface area contributed by atoms with Crippen LogP contribution in [-0.4, -0.2) is 26.7 Å². The number of nitrogens with one attached hydrogen (secondary N) is 1. The topological polar surface area (TPSA) is 38.3 Å². The molecule has 14 heavy (non-hydrogen) atoms. The van der Waals surface area contributed by atoms with Gasteiger partial charge in [-0.25, -0.2) is 0 Å². The average molecular weight is 193 g/mol. The Morgan fingerprint density at radius 1 is 1.43 bits per heavy atom. The van der Waals surface area contributed by atoms with Crippen LogP contribution in [0.4, 0.5) is 0 Å². The normalized spacial score (nSPS) is 12.1. The lowest BCUT2D eigenvalue weighted by atomic mass is 9.99. The number of amides is 1. The second-order valence-electron chi connectivity index (χ2n) is 3.03. The van der Waals surface area contributed by atoms with E-state index < -0.39 is 0 Å². The number of likely N-dealkylation sites (N-methyl/N-ethyl adjacent to an activating group) is 1. The highest BCUT2D eigenvalue weighted by atomic mass is 16.5. The van der Waals surface area contributed by atoms with Gasteiger partial charge in [0.05, 0.1) is 12.5 Å². The molecule has 0 aliphatic heterocycles. The Bertz CT molecular complexity index is 285. The van der Waals surface area contributed by atoms with Gasteiger partial charge in [0.2, 0.25) is 5.91 Å². The number of carbonyl (C=O) groups excluding carboxylic acids is 1. The summed E-state index contributed by atoms with van der Waals surface area (Å²) >= 11 is 0. The van der Waals surface area contributed by atoms with Crippen LogP contribution in [0.15, 0.2) is 30.3 Å². The highest BCUT2D eigenvalue weighted by Crippen LogP contribution is 2.15. The summed E-state index contributed by atoms with van der Waals surface area (Å²) in [5.41, 5.74) is 0.980. The SMILES string of the molecule is CNC(=O)C(COC)c1ccccc1. The number of hydrogen-bond acceptors (Lipinski definition) is 2. The molecule has 1 unspecified atom stereocenters. The van der Waals surface area contributed by atoms with Crippen molar-refractivity contribution in [2.45, 2.75) is 5.92 Å². The number of ether oxygens (including phenoxy) is 1. The molecule has 1 rings (SSSR count). The third kappa shape index (κ3) is 2.57. The van der Waals surface area contributed by atoms with E-state index in [1.807, 2.05) is 30.3 Å². The third-order valence-electron chi connectivity index (χ3n) is 2.10. The second kappa shape index (κ2) is 5.40. The standard InChI is InChI=1S/C11H15NO2/c1-12-11(13)10(8-14-2)9-6-4-3-5-7-9/h3-7,10H,8H2,1-2H3,(H,12,13). The molecule has 0 aromatic heterocycles. The van der Waals surface area contributed by atoms with Crippen LogP contribution < -0.4 is 5.32 Å². The van der Waals surface area contributed by atoms with E-state index in [0.29, 0.717) is 6.61 Å². The predicted octanol–water partition coefficient (Wildman–Crippen LogP) is 1.16. The zero-order valence-electron chi connectivity index (χ0n) is 8.49. The van der Waals surface area contributed by atoms with Crippen molar-refractivity contribution in [3.05, 3.63) is 35.9 Å². The molecule has 1 N–H and O–H groups in total. The summed E-state index contributed by atoms with van der Waals surface area (Å²) in [4.78, 5) is 11.5. The summed E-state index contributed by atoms with van der Waals surface area (Å²) < 4.78 is 5.02. The lowest BCUT2D eigenvalue weighted by Crippen LogP contribution is -2.28. The van der Waals surface area contributed by atoms with E-state index in [1.165, 1.54) is 0 Å². The zero-order valence-corrected chi connectivity index (χ0v) is 8.49. The first-order chi connectivity index (χ1) is 6.79. The van der Waals surface area contributed by atoms with Crippen LogP contribution in [0.1, 0.15) is 11.5 Å². The van der Waals surface area contributed by atoms with Crippen molar-refractivity contribution >= 4 is 5.91 Å². The van der Waals surface area contributed by atoms with E-state index in [9.17, 15) is 4.79 Å². The molecule has 0 aliphatic rings. The largest absolute Gasteiger partial charge is 0.384 e. The minimum atomic E-state index is -0.216. The van der Waals surface area contributed by atoms with Crippen molar-refractivity contribution in [3.63, 3.8) is 0 Å². The van der Waals surface area contributed by atoms with Gasteiger partial charge < -0.3 is 10.1 Å². The van der Waals surface area contributed by atoms with Crippen LogP contribution in [-0.2, 0) is 9.53 Å². The molecular weight excluding hydrogens is 178 g/mol. The van der Waals surface area contributed by atoms with Gasteiger partial charge in [-0.2, -0.15) is 0 Å². The second-order valence-corrected chi connectivity index (χ2v) is 3.03. The zero-order chi connectivity index (χ0) is 10.4. The third-order valence-corrected chi connectivity index (χ3v) is 2.10. The molecule has 1 aromatic rings. The fourth-order valence-corrected chi connectivity index (χ4v) is 1.35. The van der Waals surface area contributed by atoms with Crippen LogP contribution in [0.3, 0.4) is 0 Å². The van der Waals surface area contributed by atoms with E-state index in [2.05, 4.69) is 5.32 Å². The molecule has 0 heterocycles. The smallest absolute Gasteiger partial charge is 0.229 e. The molecule has 0 radical (unpaired) electrons. The maximum atomic E-state index is 11.5. The number of rotatable bonds is 4.